The molecule has 0 aliphatic heterocycles. The number of benzene rings is 1. The molecule has 0 unspecified atom stereocenters. The molecule has 2 aromatic rings. The molecule has 0 bridgehead atoms. The molecule has 0 atom stereocenters. The number of aromatic amines is 1. The highest BCUT2D eigenvalue weighted by Gasteiger charge is 2.17. The zero-order valence-corrected chi connectivity index (χ0v) is 8.51. The van der Waals surface area contributed by atoms with Crippen LogP contribution in [0.5, 0.6) is 5.75 Å². The third-order valence-electron chi connectivity index (χ3n) is 2.19. The van der Waals surface area contributed by atoms with E-state index >= 15 is 0 Å². The number of methoxy groups -OCH3 is 1. The van der Waals surface area contributed by atoms with E-state index in [1.807, 2.05) is 0 Å². The van der Waals surface area contributed by atoms with E-state index in [2.05, 4.69) is 10.2 Å². The van der Waals surface area contributed by atoms with E-state index in [0.29, 0.717) is 17.0 Å². The molecule has 0 spiro atoms. The first kappa shape index (κ1) is 10.2. The number of H-pyrrole nitrogens is 1. The summed E-state index contributed by atoms with van der Waals surface area (Å²) >= 11 is 0. The van der Waals surface area contributed by atoms with E-state index in [1.54, 1.807) is 31.4 Å². The first-order chi connectivity index (χ1) is 7.72. The van der Waals surface area contributed by atoms with Gasteiger partial charge in [-0.25, -0.2) is 0 Å². The molecule has 0 saturated heterocycles. The van der Waals surface area contributed by atoms with Gasteiger partial charge in [0.05, 0.1) is 12.0 Å². The smallest absolute Gasteiger partial charge is 0.314 e. The van der Waals surface area contributed by atoms with Crippen LogP contribution in [-0.2, 0) is 0 Å². The van der Waals surface area contributed by atoms with Crippen LogP contribution in [0, 0.1) is 10.1 Å². The van der Waals surface area contributed by atoms with Gasteiger partial charge in [0, 0.05) is 5.56 Å². The van der Waals surface area contributed by atoms with Crippen molar-refractivity contribution in [1.82, 2.24) is 10.2 Å². The Hall–Kier alpha value is -2.37. The van der Waals surface area contributed by atoms with Gasteiger partial charge in [0.1, 0.15) is 17.6 Å². The average Bonchev–Trinajstić information content (AvgIpc) is 2.78. The van der Waals surface area contributed by atoms with E-state index < -0.39 is 4.92 Å². The quantitative estimate of drug-likeness (QED) is 0.632. The zero-order valence-electron chi connectivity index (χ0n) is 8.51. The average molecular weight is 219 g/mol. The number of nitro groups is 1. The molecule has 1 aromatic carbocycles. The minimum atomic E-state index is -0.469. The molecule has 0 aliphatic carbocycles. The Balaban J connectivity index is 2.42. The fourth-order valence-electron chi connectivity index (χ4n) is 1.39. The van der Waals surface area contributed by atoms with Gasteiger partial charge >= 0.3 is 5.69 Å². The van der Waals surface area contributed by atoms with Crippen LogP contribution in [0.15, 0.2) is 30.5 Å². The summed E-state index contributed by atoms with van der Waals surface area (Å²) in [7, 11) is 1.56. The lowest BCUT2D eigenvalue weighted by molar-refractivity contribution is -0.384. The summed E-state index contributed by atoms with van der Waals surface area (Å²) in [5, 5.41) is 17.0. The van der Waals surface area contributed by atoms with Gasteiger partial charge in [-0.2, -0.15) is 5.10 Å². The Bertz CT molecular complexity index is 504. The second-order valence-corrected chi connectivity index (χ2v) is 3.12. The van der Waals surface area contributed by atoms with Crippen LogP contribution in [0.2, 0.25) is 0 Å². The topological polar surface area (TPSA) is 81.0 Å². The van der Waals surface area contributed by atoms with Crippen LogP contribution in [-0.4, -0.2) is 22.2 Å². The van der Waals surface area contributed by atoms with Gasteiger partial charge in [-0.15, -0.1) is 0 Å². The number of aromatic nitrogens is 2. The van der Waals surface area contributed by atoms with E-state index in [1.165, 1.54) is 6.20 Å². The Labute approximate surface area is 91.0 Å². The summed E-state index contributed by atoms with van der Waals surface area (Å²) in [6, 6.07) is 6.94. The highest BCUT2D eigenvalue weighted by atomic mass is 16.6. The van der Waals surface area contributed by atoms with Crippen LogP contribution >= 0.6 is 0 Å². The lowest BCUT2D eigenvalue weighted by Gasteiger charge is -2.00. The molecule has 0 radical (unpaired) electrons. The number of ether oxygens (including phenoxy) is 1. The Morgan fingerprint density at radius 1 is 1.38 bits per heavy atom. The van der Waals surface area contributed by atoms with E-state index in [-0.39, 0.29) is 5.69 Å². The Morgan fingerprint density at radius 3 is 2.62 bits per heavy atom. The van der Waals surface area contributed by atoms with Gasteiger partial charge in [-0.3, -0.25) is 15.2 Å². The van der Waals surface area contributed by atoms with E-state index in [9.17, 15) is 10.1 Å². The van der Waals surface area contributed by atoms with Crippen molar-refractivity contribution in [3.63, 3.8) is 0 Å². The maximum absolute atomic E-state index is 10.7. The maximum atomic E-state index is 10.7. The normalized spacial score (nSPS) is 10.1. The monoisotopic (exact) mass is 219 g/mol. The standard InChI is InChI=1S/C10H9N3O3/c1-16-8-4-2-7(3-5-8)10-9(13(14)15)6-11-12-10/h2-6H,1H3,(H,11,12). The highest BCUT2D eigenvalue weighted by molar-refractivity contribution is 5.69. The van der Waals surface area contributed by atoms with Crippen LogP contribution in [0.1, 0.15) is 0 Å². The highest BCUT2D eigenvalue weighted by Crippen LogP contribution is 2.28. The molecule has 0 fully saturated rings. The number of hydrogen-bond acceptors (Lipinski definition) is 4. The van der Waals surface area contributed by atoms with Crippen molar-refractivity contribution in [2.75, 3.05) is 7.11 Å². The van der Waals surface area contributed by atoms with Gasteiger partial charge in [0.25, 0.3) is 0 Å². The van der Waals surface area contributed by atoms with Gasteiger partial charge in [-0.1, -0.05) is 0 Å². The lowest BCUT2D eigenvalue weighted by Crippen LogP contribution is -1.89. The van der Waals surface area contributed by atoms with Crippen molar-refractivity contribution in [2.45, 2.75) is 0 Å². The summed E-state index contributed by atoms with van der Waals surface area (Å²) in [5.41, 5.74) is 1.06. The number of hydrogen-bond donors (Lipinski definition) is 1. The maximum Gasteiger partial charge on any atom is 0.314 e. The van der Waals surface area contributed by atoms with Crippen molar-refractivity contribution in [3.8, 4) is 17.0 Å². The predicted octanol–water partition coefficient (Wildman–Crippen LogP) is 1.99. The van der Waals surface area contributed by atoms with Crippen molar-refractivity contribution in [2.24, 2.45) is 0 Å². The lowest BCUT2D eigenvalue weighted by atomic mass is 10.1. The van der Waals surface area contributed by atoms with E-state index in [4.69, 9.17) is 4.74 Å². The van der Waals surface area contributed by atoms with Gasteiger partial charge in [0.2, 0.25) is 0 Å². The molecule has 0 amide bonds. The Morgan fingerprint density at radius 2 is 2.06 bits per heavy atom. The molecule has 82 valence electrons. The summed E-state index contributed by atoms with van der Waals surface area (Å²) in [4.78, 5) is 10.2. The Kier molecular flexibility index (Phi) is 2.55. The summed E-state index contributed by atoms with van der Waals surface area (Å²) in [6.07, 6.45) is 1.19. The first-order valence-corrected chi connectivity index (χ1v) is 4.54. The van der Waals surface area contributed by atoms with Crippen LogP contribution in [0.4, 0.5) is 5.69 Å². The molecule has 6 nitrogen and oxygen atoms in total. The molecule has 16 heavy (non-hydrogen) atoms. The van der Waals surface area contributed by atoms with Crippen LogP contribution in [0.3, 0.4) is 0 Å². The SMILES string of the molecule is COc1ccc(-c2[nH]ncc2[N+](=O)[O-])cc1. The molecular formula is C10H9N3O3. The third kappa shape index (κ3) is 1.72. The summed E-state index contributed by atoms with van der Waals surface area (Å²) < 4.78 is 5.00. The third-order valence-corrected chi connectivity index (χ3v) is 2.19. The molecular weight excluding hydrogens is 210 g/mol. The van der Waals surface area contributed by atoms with Crippen molar-refractivity contribution in [3.05, 3.63) is 40.6 Å². The van der Waals surface area contributed by atoms with Gasteiger partial charge < -0.3 is 4.74 Å². The molecule has 2 rings (SSSR count). The molecule has 0 saturated carbocycles. The molecule has 6 heteroatoms. The second kappa shape index (κ2) is 4.01. The summed E-state index contributed by atoms with van der Waals surface area (Å²) in [5.74, 6) is 0.700. The molecule has 0 aliphatic rings. The number of nitrogens with one attached hydrogen (secondary N) is 1. The number of nitrogens with zero attached hydrogens (tertiary/aromatic N) is 2. The summed E-state index contributed by atoms with van der Waals surface area (Å²) in [6.45, 7) is 0. The van der Waals surface area contributed by atoms with Crippen molar-refractivity contribution >= 4 is 5.69 Å². The van der Waals surface area contributed by atoms with Crippen molar-refractivity contribution < 1.29 is 9.66 Å². The van der Waals surface area contributed by atoms with Gasteiger partial charge in [-0.05, 0) is 24.3 Å². The first-order valence-electron chi connectivity index (χ1n) is 4.54. The predicted molar refractivity (Wildman–Crippen MR) is 57.2 cm³/mol. The second-order valence-electron chi connectivity index (χ2n) is 3.12. The van der Waals surface area contributed by atoms with Crippen molar-refractivity contribution in [1.29, 1.82) is 0 Å². The zero-order chi connectivity index (χ0) is 11.5. The largest absolute Gasteiger partial charge is 0.497 e. The fourth-order valence-corrected chi connectivity index (χ4v) is 1.39. The molecule has 1 aromatic heterocycles. The fraction of sp³-hybridized carbons (Fsp3) is 0.100. The van der Waals surface area contributed by atoms with Gasteiger partial charge in [0.15, 0.2) is 0 Å². The minimum Gasteiger partial charge on any atom is -0.497 e. The van der Waals surface area contributed by atoms with E-state index in [0.717, 1.165) is 0 Å². The van der Waals surface area contributed by atoms with Crippen LogP contribution < -0.4 is 4.74 Å². The molecule has 1 N–H and O–H groups in total. The number of rotatable bonds is 3. The van der Waals surface area contributed by atoms with Crippen LogP contribution in [0.25, 0.3) is 11.3 Å². The molecule has 1 heterocycles. The minimum absolute atomic E-state index is 0.0369.